The molecule has 0 aliphatic heterocycles. The highest BCUT2D eigenvalue weighted by molar-refractivity contribution is 9.10. The summed E-state index contributed by atoms with van der Waals surface area (Å²) in [6, 6.07) is 12.3. The van der Waals surface area contributed by atoms with Crippen LogP contribution in [0.25, 0.3) is 11.3 Å². The fourth-order valence-corrected chi connectivity index (χ4v) is 2.58. The van der Waals surface area contributed by atoms with Crippen LogP contribution in [-0.4, -0.2) is 35.0 Å². The average molecular weight is 429 g/mol. The van der Waals surface area contributed by atoms with Crippen molar-refractivity contribution < 1.29 is 14.1 Å². The van der Waals surface area contributed by atoms with E-state index in [1.165, 1.54) is 0 Å². The van der Waals surface area contributed by atoms with Gasteiger partial charge in [-0.3, -0.25) is 14.6 Å². The van der Waals surface area contributed by atoms with Gasteiger partial charge in [0.2, 0.25) is 0 Å². The molecular formula is C19H17BrN4O3. The predicted molar refractivity (Wildman–Crippen MR) is 103 cm³/mol. The molecule has 0 bridgehead atoms. The summed E-state index contributed by atoms with van der Waals surface area (Å²) >= 11 is 3.33. The largest absolute Gasteiger partial charge is 0.355 e. The normalized spacial score (nSPS) is 10.4. The van der Waals surface area contributed by atoms with E-state index >= 15 is 0 Å². The SMILES string of the molecule is O=C(NCCCNC(=O)c1cc(-c2cccnc2)on1)c1ccc(Br)cc1. The number of nitrogens with one attached hydrogen (secondary N) is 2. The first-order valence-corrected chi connectivity index (χ1v) is 9.12. The van der Waals surface area contributed by atoms with Crippen LogP contribution in [0.1, 0.15) is 27.3 Å². The van der Waals surface area contributed by atoms with Crippen molar-refractivity contribution in [1.29, 1.82) is 0 Å². The standard InChI is InChI=1S/C19H17BrN4O3/c20-15-6-4-13(5-7-15)18(25)22-9-2-10-23-19(26)16-11-17(27-24-16)14-3-1-8-21-12-14/h1,3-8,11-12H,2,9-10H2,(H,22,25)(H,23,26). The molecule has 0 fully saturated rings. The van der Waals surface area contributed by atoms with Gasteiger partial charge in [-0.05, 0) is 42.8 Å². The van der Waals surface area contributed by atoms with E-state index in [-0.39, 0.29) is 17.5 Å². The minimum Gasteiger partial charge on any atom is -0.355 e. The minimum atomic E-state index is -0.326. The van der Waals surface area contributed by atoms with Gasteiger partial charge in [-0.1, -0.05) is 21.1 Å². The Bertz CT molecular complexity index is 910. The molecule has 2 aromatic heterocycles. The summed E-state index contributed by atoms with van der Waals surface area (Å²) in [7, 11) is 0. The van der Waals surface area contributed by atoms with Crippen LogP contribution in [0.3, 0.4) is 0 Å². The van der Waals surface area contributed by atoms with Gasteiger partial charge in [0.05, 0.1) is 0 Å². The number of nitrogens with zero attached hydrogens (tertiary/aromatic N) is 2. The van der Waals surface area contributed by atoms with Crippen molar-refractivity contribution in [2.24, 2.45) is 0 Å². The predicted octanol–water partition coefficient (Wildman–Crippen LogP) is 3.05. The van der Waals surface area contributed by atoms with Crippen molar-refractivity contribution >= 4 is 27.7 Å². The molecule has 0 unspecified atom stereocenters. The van der Waals surface area contributed by atoms with E-state index < -0.39 is 0 Å². The maximum atomic E-state index is 12.1. The smallest absolute Gasteiger partial charge is 0.273 e. The average Bonchev–Trinajstić information content (AvgIpc) is 3.19. The van der Waals surface area contributed by atoms with Crippen molar-refractivity contribution in [3.8, 4) is 11.3 Å². The molecule has 1 aromatic carbocycles. The minimum absolute atomic E-state index is 0.147. The topological polar surface area (TPSA) is 97.1 Å². The Labute approximate surface area is 164 Å². The number of hydrogen-bond donors (Lipinski definition) is 2. The van der Waals surface area contributed by atoms with Crippen LogP contribution in [0.5, 0.6) is 0 Å². The van der Waals surface area contributed by atoms with Crippen molar-refractivity contribution in [3.63, 3.8) is 0 Å². The number of carbonyl (C=O) groups excluding carboxylic acids is 2. The quantitative estimate of drug-likeness (QED) is 0.563. The number of rotatable bonds is 7. The van der Waals surface area contributed by atoms with Gasteiger partial charge in [-0.2, -0.15) is 0 Å². The van der Waals surface area contributed by atoms with E-state index in [1.807, 2.05) is 18.2 Å². The van der Waals surface area contributed by atoms with Crippen molar-refractivity contribution in [1.82, 2.24) is 20.8 Å². The summed E-state index contributed by atoms with van der Waals surface area (Å²) < 4.78 is 6.09. The maximum Gasteiger partial charge on any atom is 0.273 e. The maximum absolute atomic E-state index is 12.1. The van der Waals surface area contributed by atoms with E-state index in [4.69, 9.17) is 4.52 Å². The molecule has 0 radical (unpaired) electrons. The van der Waals surface area contributed by atoms with Gasteiger partial charge in [0, 0.05) is 47.1 Å². The van der Waals surface area contributed by atoms with Crippen molar-refractivity contribution in [3.05, 3.63) is 70.6 Å². The molecule has 3 aromatic rings. The lowest BCUT2D eigenvalue weighted by molar-refractivity contribution is 0.0944. The van der Waals surface area contributed by atoms with Gasteiger partial charge in [0.25, 0.3) is 11.8 Å². The van der Waals surface area contributed by atoms with E-state index in [9.17, 15) is 9.59 Å². The third kappa shape index (κ3) is 5.24. The molecule has 0 atom stereocenters. The van der Waals surface area contributed by atoms with Gasteiger partial charge in [0.1, 0.15) is 0 Å². The first kappa shape index (κ1) is 18.8. The van der Waals surface area contributed by atoms with Gasteiger partial charge >= 0.3 is 0 Å². The summed E-state index contributed by atoms with van der Waals surface area (Å²) in [5.74, 6) is 0.00887. The molecule has 27 heavy (non-hydrogen) atoms. The third-order valence-corrected chi connectivity index (χ3v) is 4.25. The molecule has 0 aliphatic rings. The van der Waals surface area contributed by atoms with Crippen LogP contribution in [0, 0.1) is 0 Å². The molecule has 0 spiro atoms. The van der Waals surface area contributed by atoms with E-state index in [2.05, 4.69) is 36.7 Å². The number of carbonyl (C=O) groups is 2. The highest BCUT2D eigenvalue weighted by Crippen LogP contribution is 2.18. The Balaban J connectivity index is 1.40. The summed E-state index contributed by atoms with van der Waals surface area (Å²) in [5, 5.41) is 9.34. The number of halogens is 1. The van der Waals surface area contributed by atoms with Gasteiger partial charge in [-0.15, -0.1) is 0 Å². The zero-order valence-electron chi connectivity index (χ0n) is 14.3. The Morgan fingerprint density at radius 1 is 1.04 bits per heavy atom. The summed E-state index contributed by atoms with van der Waals surface area (Å²) in [6.45, 7) is 0.865. The van der Waals surface area contributed by atoms with Crippen LogP contribution in [0.15, 0.2) is 63.9 Å². The Morgan fingerprint density at radius 2 is 1.78 bits per heavy atom. The first-order chi connectivity index (χ1) is 13.1. The van der Waals surface area contributed by atoms with E-state index in [1.54, 1.807) is 36.7 Å². The van der Waals surface area contributed by atoms with Gasteiger partial charge < -0.3 is 15.2 Å². The number of hydrogen-bond acceptors (Lipinski definition) is 5. The number of amides is 2. The molecule has 7 nitrogen and oxygen atoms in total. The summed E-state index contributed by atoms with van der Waals surface area (Å²) in [4.78, 5) is 28.1. The zero-order valence-corrected chi connectivity index (χ0v) is 15.9. The third-order valence-electron chi connectivity index (χ3n) is 3.72. The highest BCUT2D eigenvalue weighted by Gasteiger charge is 2.13. The summed E-state index contributed by atoms with van der Waals surface area (Å²) in [6.07, 6.45) is 3.89. The lowest BCUT2D eigenvalue weighted by Crippen LogP contribution is -2.30. The van der Waals surface area contributed by atoms with Crippen LogP contribution in [-0.2, 0) is 0 Å². The first-order valence-electron chi connectivity index (χ1n) is 8.32. The van der Waals surface area contributed by atoms with Gasteiger partial charge in [-0.25, -0.2) is 0 Å². The Hall–Kier alpha value is -3.00. The molecule has 3 rings (SSSR count). The van der Waals surface area contributed by atoms with Crippen molar-refractivity contribution in [2.75, 3.05) is 13.1 Å². The number of pyridine rings is 1. The second kappa shape index (κ2) is 9.09. The zero-order chi connectivity index (χ0) is 19.1. The molecule has 2 amide bonds. The Kier molecular flexibility index (Phi) is 6.32. The highest BCUT2D eigenvalue weighted by atomic mass is 79.9. The molecule has 8 heteroatoms. The monoisotopic (exact) mass is 428 g/mol. The van der Waals surface area contributed by atoms with E-state index in [0.717, 1.165) is 10.0 Å². The van der Waals surface area contributed by atoms with E-state index in [0.29, 0.717) is 30.8 Å². The molecule has 0 saturated carbocycles. The Morgan fingerprint density at radius 3 is 2.48 bits per heavy atom. The second-order valence-corrected chi connectivity index (χ2v) is 6.61. The molecule has 0 saturated heterocycles. The molecular weight excluding hydrogens is 412 g/mol. The van der Waals surface area contributed by atoms with Crippen LogP contribution in [0.2, 0.25) is 0 Å². The molecule has 0 aliphatic carbocycles. The van der Waals surface area contributed by atoms with Crippen LogP contribution in [0.4, 0.5) is 0 Å². The lowest BCUT2D eigenvalue weighted by Gasteiger charge is -2.06. The molecule has 2 heterocycles. The summed E-state index contributed by atoms with van der Waals surface area (Å²) in [5.41, 5.74) is 1.54. The molecule has 2 N–H and O–H groups in total. The fourth-order valence-electron chi connectivity index (χ4n) is 2.31. The fraction of sp³-hybridized carbons (Fsp3) is 0.158. The number of benzene rings is 1. The molecule has 138 valence electrons. The van der Waals surface area contributed by atoms with Crippen LogP contribution < -0.4 is 10.6 Å². The van der Waals surface area contributed by atoms with Gasteiger partial charge in [0.15, 0.2) is 11.5 Å². The lowest BCUT2D eigenvalue weighted by atomic mass is 10.2. The van der Waals surface area contributed by atoms with Crippen LogP contribution >= 0.6 is 15.9 Å². The number of aromatic nitrogens is 2. The van der Waals surface area contributed by atoms with Crippen molar-refractivity contribution in [2.45, 2.75) is 6.42 Å². The second-order valence-electron chi connectivity index (χ2n) is 5.69.